The summed E-state index contributed by atoms with van der Waals surface area (Å²) in [5.41, 5.74) is 2.23. The monoisotopic (exact) mass is 391 g/mol. The Balaban J connectivity index is 1.50. The number of nitrogens with zero attached hydrogens (tertiary/aromatic N) is 4. The maximum Gasteiger partial charge on any atom is 0.415 e. The summed E-state index contributed by atoms with van der Waals surface area (Å²) in [7, 11) is 0. The molecule has 3 aromatic rings. The van der Waals surface area contributed by atoms with Crippen LogP contribution in [0, 0.1) is 5.92 Å². The van der Waals surface area contributed by atoms with Gasteiger partial charge in [0.15, 0.2) is 0 Å². The van der Waals surface area contributed by atoms with Crippen molar-refractivity contribution in [3.8, 4) is 5.69 Å². The summed E-state index contributed by atoms with van der Waals surface area (Å²) in [5, 5.41) is 3.33. The van der Waals surface area contributed by atoms with E-state index >= 15 is 0 Å². The molecule has 1 unspecified atom stereocenters. The summed E-state index contributed by atoms with van der Waals surface area (Å²) < 4.78 is 7.29. The highest BCUT2D eigenvalue weighted by Gasteiger charge is 2.37. The fraction of sp³-hybridized carbons (Fsp3) is 0.318. The third-order valence-electron chi connectivity index (χ3n) is 5.20. The van der Waals surface area contributed by atoms with Gasteiger partial charge in [-0.25, -0.2) is 9.78 Å². The van der Waals surface area contributed by atoms with Gasteiger partial charge < -0.3 is 14.6 Å². The van der Waals surface area contributed by atoms with Crippen LogP contribution in [0.5, 0.6) is 0 Å². The normalized spacial score (nSPS) is 17.4. The molecule has 7 heteroatoms. The lowest BCUT2D eigenvalue weighted by Crippen LogP contribution is -2.37. The average molecular weight is 391 g/mol. The molecule has 1 fully saturated rings. The van der Waals surface area contributed by atoms with Crippen LogP contribution in [0.25, 0.3) is 5.69 Å². The van der Waals surface area contributed by atoms with Crippen molar-refractivity contribution in [1.29, 1.82) is 0 Å². The molecule has 1 saturated heterocycles. The van der Waals surface area contributed by atoms with Crippen LogP contribution in [0.1, 0.15) is 32.4 Å². The smallest absolute Gasteiger partial charge is 0.415 e. The molecule has 29 heavy (non-hydrogen) atoms. The topological polar surface area (TPSA) is 72.3 Å². The summed E-state index contributed by atoms with van der Waals surface area (Å²) in [4.78, 5) is 22.7. The van der Waals surface area contributed by atoms with E-state index in [1.54, 1.807) is 17.2 Å². The Labute approximate surface area is 170 Å². The predicted molar refractivity (Wildman–Crippen MR) is 112 cm³/mol. The number of nitrogens with one attached hydrogen (secondary N) is 1. The van der Waals surface area contributed by atoms with E-state index < -0.39 is 0 Å². The molecule has 7 nitrogen and oxygen atoms in total. The minimum Gasteiger partial charge on any atom is -0.447 e. The highest BCUT2D eigenvalue weighted by Crippen LogP contribution is 2.26. The van der Waals surface area contributed by atoms with Crippen molar-refractivity contribution in [1.82, 2.24) is 14.5 Å². The lowest BCUT2D eigenvalue weighted by atomic mass is 10.0. The molecule has 3 heterocycles. The Bertz CT molecular complexity index is 969. The molecular weight excluding hydrogens is 366 g/mol. The van der Waals surface area contributed by atoms with Gasteiger partial charge in [0.2, 0.25) is 5.95 Å². The van der Waals surface area contributed by atoms with Gasteiger partial charge in [-0.15, -0.1) is 0 Å². The van der Waals surface area contributed by atoms with E-state index in [2.05, 4.69) is 64.9 Å². The van der Waals surface area contributed by atoms with Crippen molar-refractivity contribution in [2.45, 2.75) is 32.9 Å². The van der Waals surface area contributed by atoms with Crippen LogP contribution >= 0.6 is 0 Å². The van der Waals surface area contributed by atoms with Crippen molar-refractivity contribution < 1.29 is 9.53 Å². The number of carbonyl (C=O) groups is 1. The van der Waals surface area contributed by atoms with Gasteiger partial charge in [-0.1, -0.05) is 26.0 Å². The number of carbonyl (C=O) groups excluding carboxylic acids is 1. The maximum absolute atomic E-state index is 12.2. The van der Waals surface area contributed by atoms with E-state index in [0.29, 0.717) is 18.4 Å². The molecule has 0 radical (unpaired) electrons. The number of hydrogen-bond acceptors (Lipinski definition) is 5. The maximum atomic E-state index is 12.2. The molecule has 150 valence electrons. The molecule has 2 atom stereocenters. The number of benzene rings is 1. The molecule has 0 spiro atoms. The first-order chi connectivity index (χ1) is 14.0. The van der Waals surface area contributed by atoms with Gasteiger partial charge in [-0.2, -0.15) is 4.98 Å². The van der Waals surface area contributed by atoms with Crippen LogP contribution in [0.2, 0.25) is 0 Å². The summed E-state index contributed by atoms with van der Waals surface area (Å²) in [6.45, 7) is 6.58. The van der Waals surface area contributed by atoms with Crippen LogP contribution in [-0.2, 0) is 4.74 Å². The number of hydrogen-bond donors (Lipinski definition) is 1. The number of ether oxygens (including phenoxy) is 1. The average Bonchev–Trinajstić information content (AvgIpc) is 3.38. The number of rotatable bonds is 6. The second-order valence-corrected chi connectivity index (χ2v) is 7.54. The first kappa shape index (κ1) is 19.0. The standard InChI is InChI=1S/C22H25N5O2/c1-15(2)19-14-29-22(28)27(19)20-10-11-23-21(25-20)24-16(3)17-6-8-18(9-7-17)26-12-4-5-13-26/h4-13,15-16,19H,14H2,1-3H3,(H,23,24,25)/t16?,19-/m1/s1. The number of anilines is 2. The zero-order chi connectivity index (χ0) is 20.4. The van der Waals surface area contributed by atoms with Crippen LogP contribution in [0.3, 0.4) is 0 Å². The van der Waals surface area contributed by atoms with Crippen LogP contribution < -0.4 is 10.2 Å². The molecule has 2 aromatic heterocycles. The van der Waals surface area contributed by atoms with Gasteiger partial charge in [0.05, 0.1) is 12.1 Å². The lowest BCUT2D eigenvalue weighted by Gasteiger charge is -2.23. The molecule has 1 amide bonds. The van der Waals surface area contributed by atoms with E-state index in [1.165, 1.54) is 0 Å². The molecule has 1 N–H and O–H groups in total. The Kier molecular flexibility index (Phi) is 5.20. The Morgan fingerprint density at radius 2 is 1.83 bits per heavy atom. The lowest BCUT2D eigenvalue weighted by molar-refractivity contribution is 0.177. The van der Waals surface area contributed by atoms with Crippen molar-refractivity contribution in [3.63, 3.8) is 0 Å². The summed E-state index contributed by atoms with van der Waals surface area (Å²) in [5.74, 6) is 1.30. The van der Waals surface area contributed by atoms with Crippen LogP contribution in [0.4, 0.5) is 16.6 Å². The van der Waals surface area contributed by atoms with Crippen molar-refractivity contribution in [2.75, 3.05) is 16.8 Å². The summed E-state index contributed by atoms with van der Waals surface area (Å²) in [6.07, 6.45) is 5.34. The van der Waals surface area contributed by atoms with Gasteiger partial charge in [0.25, 0.3) is 0 Å². The van der Waals surface area contributed by atoms with Gasteiger partial charge in [0, 0.05) is 24.3 Å². The van der Waals surface area contributed by atoms with Crippen LogP contribution in [0.15, 0.2) is 61.1 Å². The SMILES string of the molecule is CC(Nc1nccc(N2C(=O)OC[C@@H]2C(C)C)n1)c1ccc(-n2cccc2)cc1. The number of aromatic nitrogens is 3. The molecule has 1 aliphatic rings. The van der Waals surface area contributed by atoms with Gasteiger partial charge >= 0.3 is 6.09 Å². The quantitative estimate of drug-likeness (QED) is 0.673. The number of cyclic esters (lactones) is 1. The Morgan fingerprint density at radius 3 is 2.52 bits per heavy atom. The Hall–Kier alpha value is -3.35. The largest absolute Gasteiger partial charge is 0.447 e. The van der Waals surface area contributed by atoms with Crippen molar-refractivity contribution in [2.24, 2.45) is 5.92 Å². The van der Waals surface area contributed by atoms with E-state index in [0.717, 1.165) is 11.3 Å². The first-order valence-electron chi connectivity index (χ1n) is 9.82. The highest BCUT2D eigenvalue weighted by molar-refractivity contribution is 5.89. The van der Waals surface area contributed by atoms with Gasteiger partial charge in [0.1, 0.15) is 12.4 Å². The highest BCUT2D eigenvalue weighted by atomic mass is 16.6. The fourth-order valence-corrected chi connectivity index (χ4v) is 3.46. The Morgan fingerprint density at radius 1 is 1.10 bits per heavy atom. The summed E-state index contributed by atoms with van der Waals surface area (Å²) in [6, 6.07) is 14.1. The zero-order valence-corrected chi connectivity index (χ0v) is 16.8. The second kappa shape index (κ2) is 7.95. The molecule has 4 rings (SSSR count). The van der Waals surface area contributed by atoms with Gasteiger partial charge in [-0.05, 0) is 48.7 Å². The molecule has 1 aliphatic heterocycles. The second-order valence-electron chi connectivity index (χ2n) is 7.54. The van der Waals surface area contributed by atoms with E-state index in [-0.39, 0.29) is 24.1 Å². The first-order valence-corrected chi connectivity index (χ1v) is 9.82. The molecule has 1 aromatic carbocycles. The molecular formula is C22H25N5O2. The summed E-state index contributed by atoms with van der Waals surface area (Å²) >= 11 is 0. The molecule has 0 saturated carbocycles. The molecule has 0 bridgehead atoms. The minimum absolute atomic E-state index is 0.00962. The van der Waals surface area contributed by atoms with E-state index in [9.17, 15) is 4.79 Å². The fourth-order valence-electron chi connectivity index (χ4n) is 3.46. The van der Waals surface area contributed by atoms with Crippen molar-refractivity contribution in [3.05, 3.63) is 66.6 Å². The third kappa shape index (κ3) is 3.94. The van der Waals surface area contributed by atoms with Gasteiger partial charge in [-0.3, -0.25) is 4.90 Å². The third-order valence-corrected chi connectivity index (χ3v) is 5.20. The van der Waals surface area contributed by atoms with E-state index in [4.69, 9.17) is 4.74 Å². The molecule has 0 aliphatic carbocycles. The van der Waals surface area contributed by atoms with Crippen molar-refractivity contribution >= 4 is 17.9 Å². The minimum atomic E-state index is -0.359. The van der Waals surface area contributed by atoms with Crippen LogP contribution in [-0.4, -0.2) is 33.3 Å². The number of amides is 1. The predicted octanol–water partition coefficient (Wildman–Crippen LogP) is 4.42. The zero-order valence-electron chi connectivity index (χ0n) is 16.8. The van der Waals surface area contributed by atoms with E-state index in [1.807, 2.05) is 24.5 Å².